The standard InChI is InChI=1S/C13H17ClN2O3S/c1-19-12-4-11(14)2-3-13(12)20(17,18)16-7-9-5-15-6-10(9)8-16/h2-4,9-10,15H,5-8H2,1H3. The maximum atomic E-state index is 12.7. The number of sulfonamides is 1. The fourth-order valence-electron chi connectivity index (χ4n) is 3.00. The number of nitrogens with zero attached hydrogens (tertiary/aromatic N) is 1. The van der Waals surface area contributed by atoms with E-state index in [1.165, 1.54) is 19.2 Å². The van der Waals surface area contributed by atoms with Gasteiger partial charge in [0.15, 0.2) is 0 Å². The maximum Gasteiger partial charge on any atom is 0.246 e. The molecule has 2 fully saturated rings. The van der Waals surface area contributed by atoms with E-state index in [0.717, 1.165) is 13.1 Å². The molecule has 2 aliphatic rings. The number of fused-ring (bicyclic) bond motifs is 1. The molecule has 0 bridgehead atoms. The lowest BCUT2D eigenvalue weighted by molar-refractivity contribution is 0.396. The molecule has 2 saturated heterocycles. The predicted molar refractivity (Wildman–Crippen MR) is 76.6 cm³/mol. The van der Waals surface area contributed by atoms with Crippen molar-refractivity contribution in [3.05, 3.63) is 23.2 Å². The minimum Gasteiger partial charge on any atom is -0.495 e. The van der Waals surface area contributed by atoms with Crippen molar-refractivity contribution in [3.63, 3.8) is 0 Å². The molecule has 1 N–H and O–H groups in total. The third-order valence-electron chi connectivity index (χ3n) is 4.10. The number of methoxy groups -OCH3 is 1. The molecule has 2 atom stereocenters. The molecule has 1 aromatic carbocycles. The fraction of sp³-hybridized carbons (Fsp3) is 0.538. The predicted octanol–water partition coefficient (Wildman–Crippen LogP) is 1.19. The van der Waals surface area contributed by atoms with Gasteiger partial charge in [0.1, 0.15) is 10.6 Å². The van der Waals surface area contributed by atoms with Crippen LogP contribution in [0.3, 0.4) is 0 Å². The largest absolute Gasteiger partial charge is 0.495 e. The average molecular weight is 317 g/mol. The van der Waals surface area contributed by atoms with Crippen molar-refractivity contribution in [1.29, 1.82) is 0 Å². The van der Waals surface area contributed by atoms with Crippen molar-refractivity contribution >= 4 is 21.6 Å². The van der Waals surface area contributed by atoms with Gasteiger partial charge < -0.3 is 10.1 Å². The van der Waals surface area contributed by atoms with Gasteiger partial charge in [-0.2, -0.15) is 4.31 Å². The molecule has 3 rings (SSSR count). The lowest BCUT2D eigenvalue weighted by Gasteiger charge is -2.19. The van der Waals surface area contributed by atoms with E-state index < -0.39 is 10.0 Å². The number of hydrogen-bond acceptors (Lipinski definition) is 4. The van der Waals surface area contributed by atoms with Crippen molar-refractivity contribution < 1.29 is 13.2 Å². The van der Waals surface area contributed by atoms with Crippen molar-refractivity contribution in [3.8, 4) is 5.75 Å². The van der Waals surface area contributed by atoms with Gasteiger partial charge in [-0.3, -0.25) is 0 Å². The zero-order chi connectivity index (χ0) is 14.3. The summed E-state index contributed by atoms with van der Waals surface area (Å²) in [7, 11) is -2.07. The summed E-state index contributed by atoms with van der Waals surface area (Å²) in [5.74, 6) is 1.14. The number of nitrogens with one attached hydrogen (secondary N) is 1. The zero-order valence-electron chi connectivity index (χ0n) is 11.2. The van der Waals surface area contributed by atoms with Crippen LogP contribution in [0.4, 0.5) is 0 Å². The van der Waals surface area contributed by atoms with Crippen molar-refractivity contribution in [2.75, 3.05) is 33.3 Å². The Hall–Kier alpha value is -0.820. The molecule has 2 heterocycles. The highest BCUT2D eigenvalue weighted by Crippen LogP contribution is 2.34. The summed E-state index contributed by atoms with van der Waals surface area (Å²) in [4.78, 5) is 0.192. The van der Waals surface area contributed by atoms with E-state index in [2.05, 4.69) is 5.32 Å². The summed E-state index contributed by atoms with van der Waals surface area (Å²) in [5.41, 5.74) is 0. The van der Waals surface area contributed by atoms with Crippen molar-refractivity contribution in [2.24, 2.45) is 11.8 Å². The monoisotopic (exact) mass is 316 g/mol. The summed E-state index contributed by atoms with van der Waals surface area (Å²) in [6, 6.07) is 4.63. The Kier molecular flexibility index (Phi) is 3.66. The Morgan fingerprint density at radius 3 is 2.55 bits per heavy atom. The Bertz CT molecular complexity index is 608. The Morgan fingerprint density at radius 1 is 1.30 bits per heavy atom. The van der Waals surface area contributed by atoms with Gasteiger partial charge >= 0.3 is 0 Å². The van der Waals surface area contributed by atoms with E-state index in [4.69, 9.17) is 16.3 Å². The number of benzene rings is 1. The molecular formula is C13H17ClN2O3S. The first kappa shape index (κ1) is 14.1. The molecule has 0 aromatic heterocycles. The van der Waals surface area contributed by atoms with E-state index in [-0.39, 0.29) is 4.90 Å². The van der Waals surface area contributed by atoms with Crippen LogP contribution in [0.1, 0.15) is 0 Å². The topological polar surface area (TPSA) is 58.6 Å². The molecule has 5 nitrogen and oxygen atoms in total. The lowest BCUT2D eigenvalue weighted by atomic mass is 10.0. The summed E-state index contributed by atoms with van der Waals surface area (Å²) < 4.78 is 32.2. The highest BCUT2D eigenvalue weighted by molar-refractivity contribution is 7.89. The van der Waals surface area contributed by atoms with E-state index >= 15 is 0 Å². The highest BCUT2D eigenvalue weighted by Gasteiger charge is 2.42. The number of rotatable bonds is 3. The second-order valence-electron chi connectivity index (χ2n) is 5.30. The third-order valence-corrected chi connectivity index (χ3v) is 6.21. The molecule has 2 unspecified atom stereocenters. The molecule has 110 valence electrons. The SMILES string of the molecule is COc1cc(Cl)ccc1S(=O)(=O)N1CC2CNCC2C1. The molecule has 1 aromatic rings. The molecule has 7 heteroatoms. The molecule has 0 radical (unpaired) electrons. The van der Waals surface area contributed by atoms with Gasteiger partial charge in [0.2, 0.25) is 10.0 Å². The summed E-state index contributed by atoms with van der Waals surface area (Å²) in [5, 5.41) is 3.76. The minimum absolute atomic E-state index is 0.192. The van der Waals surface area contributed by atoms with Gasteiger partial charge in [-0.25, -0.2) is 8.42 Å². The smallest absolute Gasteiger partial charge is 0.246 e. The molecule has 0 saturated carbocycles. The normalized spacial score (nSPS) is 26.7. The molecule has 0 amide bonds. The fourth-order valence-corrected chi connectivity index (χ4v) is 4.85. The Morgan fingerprint density at radius 2 is 1.95 bits per heavy atom. The van der Waals surface area contributed by atoms with Crippen LogP contribution >= 0.6 is 11.6 Å². The van der Waals surface area contributed by atoms with E-state index in [0.29, 0.717) is 35.7 Å². The van der Waals surface area contributed by atoms with Crippen molar-refractivity contribution in [1.82, 2.24) is 9.62 Å². The first-order valence-electron chi connectivity index (χ1n) is 6.57. The van der Waals surface area contributed by atoms with Gasteiger partial charge in [0.25, 0.3) is 0 Å². The van der Waals surface area contributed by atoms with Crippen molar-refractivity contribution in [2.45, 2.75) is 4.90 Å². The Balaban J connectivity index is 1.93. The second-order valence-corrected chi connectivity index (χ2v) is 7.64. The molecule has 0 aliphatic carbocycles. The van der Waals surface area contributed by atoms with Crippen LogP contribution < -0.4 is 10.1 Å². The molecule has 2 aliphatic heterocycles. The quantitative estimate of drug-likeness (QED) is 0.910. The number of ether oxygens (including phenoxy) is 1. The van der Waals surface area contributed by atoms with Crippen LogP contribution in [0.5, 0.6) is 5.75 Å². The van der Waals surface area contributed by atoms with Crippen LogP contribution in [-0.4, -0.2) is 46.0 Å². The molecular weight excluding hydrogens is 300 g/mol. The number of halogens is 1. The van der Waals surface area contributed by atoms with Gasteiger partial charge in [-0.1, -0.05) is 11.6 Å². The zero-order valence-corrected chi connectivity index (χ0v) is 12.7. The van der Waals surface area contributed by atoms with Crippen LogP contribution in [-0.2, 0) is 10.0 Å². The van der Waals surface area contributed by atoms with Gasteiger partial charge in [-0.15, -0.1) is 0 Å². The highest BCUT2D eigenvalue weighted by atomic mass is 35.5. The summed E-state index contributed by atoms with van der Waals surface area (Å²) in [6.07, 6.45) is 0. The van der Waals surface area contributed by atoms with Crippen LogP contribution in [0.25, 0.3) is 0 Å². The Labute approximate surface area is 123 Å². The summed E-state index contributed by atoms with van der Waals surface area (Å²) >= 11 is 5.89. The van der Waals surface area contributed by atoms with Gasteiger partial charge in [0.05, 0.1) is 7.11 Å². The first-order chi connectivity index (χ1) is 9.52. The molecule has 0 spiro atoms. The molecule has 20 heavy (non-hydrogen) atoms. The van der Waals surface area contributed by atoms with Gasteiger partial charge in [0, 0.05) is 24.2 Å². The maximum absolute atomic E-state index is 12.7. The van der Waals surface area contributed by atoms with Crippen LogP contribution in [0, 0.1) is 11.8 Å². The van der Waals surface area contributed by atoms with E-state index in [1.54, 1.807) is 10.4 Å². The first-order valence-corrected chi connectivity index (χ1v) is 8.38. The van der Waals surface area contributed by atoms with E-state index in [9.17, 15) is 8.42 Å². The van der Waals surface area contributed by atoms with Gasteiger partial charge in [-0.05, 0) is 37.1 Å². The van der Waals surface area contributed by atoms with Crippen LogP contribution in [0.2, 0.25) is 5.02 Å². The lowest BCUT2D eigenvalue weighted by Crippen LogP contribution is -2.32. The minimum atomic E-state index is -3.52. The third kappa shape index (κ3) is 2.30. The summed E-state index contributed by atoms with van der Waals surface area (Å²) in [6.45, 7) is 2.94. The second kappa shape index (κ2) is 5.18. The average Bonchev–Trinajstić information content (AvgIpc) is 2.99. The van der Waals surface area contributed by atoms with E-state index in [1.807, 2.05) is 0 Å². The number of hydrogen-bond donors (Lipinski definition) is 1. The van der Waals surface area contributed by atoms with Crippen LogP contribution in [0.15, 0.2) is 23.1 Å².